The maximum absolute atomic E-state index is 13.0. The number of allylic oxidation sites excluding steroid dienone is 3. The maximum Gasteiger partial charge on any atom is 0.321 e. The molecule has 2 amide bonds. The van der Waals surface area contributed by atoms with Crippen LogP contribution in [0, 0.1) is 11.3 Å². The van der Waals surface area contributed by atoms with Gasteiger partial charge in [0.25, 0.3) is 0 Å². The summed E-state index contributed by atoms with van der Waals surface area (Å²) in [6.45, 7) is 9.43. The number of benzene rings is 2. The lowest BCUT2D eigenvalue weighted by molar-refractivity contribution is 0.124. The number of carbonyl (C=O) groups excluding carboxylic acids is 1. The first-order valence-corrected chi connectivity index (χ1v) is 13.4. The van der Waals surface area contributed by atoms with E-state index in [4.69, 9.17) is 5.26 Å². The Bertz CT molecular complexity index is 1370. The van der Waals surface area contributed by atoms with Crippen LogP contribution in [0.3, 0.4) is 0 Å². The van der Waals surface area contributed by atoms with Crippen molar-refractivity contribution in [3.05, 3.63) is 108 Å². The second-order valence-electron chi connectivity index (χ2n) is 9.47. The summed E-state index contributed by atoms with van der Waals surface area (Å²) < 4.78 is 0. The van der Waals surface area contributed by atoms with E-state index in [1.165, 1.54) is 11.1 Å². The summed E-state index contributed by atoms with van der Waals surface area (Å²) in [6, 6.07) is 17.3. The van der Waals surface area contributed by atoms with Gasteiger partial charge in [-0.3, -0.25) is 14.9 Å². The molecular weight excluding hydrogens is 498 g/mol. The molecule has 0 radical (unpaired) electrons. The van der Waals surface area contributed by atoms with E-state index in [2.05, 4.69) is 80.7 Å². The van der Waals surface area contributed by atoms with Gasteiger partial charge in [0.05, 0.1) is 36.6 Å². The molecule has 0 saturated carbocycles. The van der Waals surface area contributed by atoms with E-state index in [9.17, 15) is 4.79 Å². The third-order valence-electron chi connectivity index (χ3n) is 6.80. The summed E-state index contributed by atoms with van der Waals surface area (Å²) in [4.78, 5) is 26.3. The molecule has 8 heteroatoms. The van der Waals surface area contributed by atoms with Crippen LogP contribution in [-0.4, -0.2) is 67.1 Å². The molecule has 2 heterocycles. The third-order valence-corrected chi connectivity index (χ3v) is 6.80. The summed E-state index contributed by atoms with van der Waals surface area (Å²) in [5.41, 5.74) is 4.79. The number of nitriles is 1. The van der Waals surface area contributed by atoms with Gasteiger partial charge < -0.3 is 15.5 Å². The second-order valence-corrected chi connectivity index (χ2v) is 9.47. The molecule has 40 heavy (non-hydrogen) atoms. The van der Waals surface area contributed by atoms with Crippen molar-refractivity contribution in [1.29, 1.82) is 5.26 Å². The smallest absolute Gasteiger partial charge is 0.321 e. The molecule has 2 aromatic rings. The number of amidine groups is 1. The van der Waals surface area contributed by atoms with E-state index in [-0.39, 0.29) is 12.1 Å². The largest absolute Gasteiger partial charge is 0.351 e. The van der Waals surface area contributed by atoms with Crippen molar-refractivity contribution in [2.75, 3.05) is 44.6 Å². The fourth-order valence-corrected chi connectivity index (χ4v) is 4.80. The van der Waals surface area contributed by atoms with Crippen LogP contribution in [0.5, 0.6) is 0 Å². The quantitative estimate of drug-likeness (QED) is 0.361. The van der Waals surface area contributed by atoms with Crippen molar-refractivity contribution in [2.45, 2.75) is 13.0 Å². The van der Waals surface area contributed by atoms with Gasteiger partial charge >= 0.3 is 6.03 Å². The average molecular weight is 534 g/mol. The summed E-state index contributed by atoms with van der Waals surface area (Å²) in [5.74, 6) is 0.820. The molecule has 1 unspecified atom stereocenters. The highest BCUT2D eigenvalue weighted by atomic mass is 16.2. The molecule has 2 aromatic carbocycles. The Morgan fingerprint density at radius 1 is 1.15 bits per heavy atom. The van der Waals surface area contributed by atoms with Crippen molar-refractivity contribution in [3.8, 4) is 6.07 Å². The first-order valence-electron chi connectivity index (χ1n) is 13.4. The Balaban J connectivity index is 1.50. The standard InChI is InChI=1S/C32H35N7O/c1-3-35-25(2)36-18-8-11-27-9-4-5-12-30(27)31(28-10-6-7-17-34-24-28)38-19-21-39(22-20-38)32(40)37-29-15-13-26(23-33)14-16-29/h3-17,31H,1,18-22,24H2,2H3,(H,35,36)(H,37,40)/b11-8+. The number of aliphatic imine (C=N–C) groups is 2. The number of anilines is 1. The van der Waals surface area contributed by atoms with Crippen molar-refractivity contribution < 1.29 is 4.79 Å². The highest BCUT2D eigenvalue weighted by Gasteiger charge is 2.30. The van der Waals surface area contributed by atoms with E-state index < -0.39 is 0 Å². The maximum atomic E-state index is 13.0. The van der Waals surface area contributed by atoms with Crippen LogP contribution in [0.15, 0.2) is 101 Å². The lowest BCUT2D eigenvalue weighted by Crippen LogP contribution is -2.51. The molecule has 2 aliphatic rings. The molecule has 1 saturated heterocycles. The average Bonchev–Trinajstić information content (AvgIpc) is 3.26. The van der Waals surface area contributed by atoms with Crippen LogP contribution in [0.25, 0.3) is 6.08 Å². The lowest BCUT2D eigenvalue weighted by Gasteiger charge is -2.40. The van der Waals surface area contributed by atoms with Crippen LogP contribution in [-0.2, 0) is 0 Å². The molecule has 4 rings (SSSR count). The van der Waals surface area contributed by atoms with Crippen molar-refractivity contribution in [1.82, 2.24) is 15.1 Å². The van der Waals surface area contributed by atoms with E-state index in [0.29, 0.717) is 37.4 Å². The number of piperazine rings is 1. The Morgan fingerprint density at radius 3 is 2.67 bits per heavy atom. The number of hydrogen-bond acceptors (Lipinski definition) is 5. The highest BCUT2D eigenvalue weighted by Crippen LogP contribution is 2.33. The molecule has 1 atom stereocenters. The van der Waals surface area contributed by atoms with Gasteiger partial charge in [-0.1, -0.05) is 55.1 Å². The number of urea groups is 1. The van der Waals surface area contributed by atoms with Crippen molar-refractivity contribution >= 4 is 29.8 Å². The SMILES string of the molecule is C=CNC(C)=NC/C=C/c1ccccc1C(C1=CC=CC=NC1)N1CCN(C(=O)Nc2ccc(C#N)cc2)CC1. The van der Waals surface area contributed by atoms with Crippen LogP contribution >= 0.6 is 0 Å². The molecule has 1 fully saturated rings. The molecular formula is C32H35N7O. The number of nitrogens with zero attached hydrogens (tertiary/aromatic N) is 5. The van der Waals surface area contributed by atoms with Gasteiger partial charge in [0, 0.05) is 38.1 Å². The van der Waals surface area contributed by atoms with Gasteiger partial charge in [-0.15, -0.1) is 0 Å². The zero-order chi connectivity index (χ0) is 28.2. The minimum Gasteiger partial charge on any atom is -0.351 e. The molecule has 0 aliphatic carbocycles. The molecule has 0 spiro atoms. The number of hydrogen-bond donors (Lipinski definition) is 2. The number of amides is 2. The fourth-order valence-electron chi connectivity index (χ4n) is 4.80. The summed E-state index contributed by atoms with van der Waals surface area (Å²) >= 11 is 0. The number of rotatable bonds is 8. The van der Waals surface area contributed by atoms with Crippen LogP contribution in [0.4, 0.5) is 10.5 Å². The van der Waals surface area contributed by atoms with Gasteiger partial charge in [0.2, 0.25) is 0 Å². The van der Waals surface area contributed by atoms with E-state index in [1.807, 2.05) is 30.2 Å². The lowest BCUT2D eigenvalue weighted by atomic mass is 9.91. The fraction of sp³-hybridized carbons (Fsp3) is 0.250. The van der Waals surface area contributed by atoms with E-state index >= 15 is 0 Å². The monoisotopic (exact) mass is 533 g/mol. The van der Waals surface area contributed by atoms with Gasteiger partial charge in [0.15, 0.2) is 0 Å². The predicted octanol–water partition coefficient (Wildman–Crippen LogP) is 5.18. The minimum absolute atomic E-state index is 0.0251. The summed E-state index contributed by atoms with van der Waals surface area (Å²) in [7, 11) is 0. The number of nitrogens with one attached hydrogen (secondary N) is 2. The number of carbonyl (C=O) groups is 1. The second kappa shape index (κ2) is 14.4. The Hall–Kier alpha value is -4.74. The molecule has 2 aliphatic heterocycles. The van der Waals surface area contributed by atoms with Gasteiger partial charge in [-0.05, 0) is 60.2 Å². The van der Waals surface area contributed by atoms with E-state index in [0.717, 1.165) is 24.5 Å². The minimum atomic E-state index is -0.132. The molecule has 0 bridgehead atoms. The molecule has 204 valence electrons. The van der Waals surface area contributed by atoms with Gasteiger partial charge in [-0.2, -0.15) is 5.26 Å². The van der Waals surface area contributed by atoms with E-state index in [1.54, 1.807) is 30.5 Å². The van der Waals surface area contributed by atoms with Gasteiger partial charge in [-0.25, -0.2) is 4.79 Å². The normalized spacial score (nSPS) is 16.6. The first kappa shape index (κ1) is 28.3. The highest BCUT2D eigenvalue weighted by molar-refractivity contribution is 5.89. The van der Waals surface area contributed by atoms with Gasteiger partial charge in [0.1, 0.15) is 0 Å². The van der Waals surface area contributed by atoms with Crippen LogP contribution in [0.1, 0.15) is 29.7 Å². The Kier molecular flexibility index (Phi) is 10.2. The Labute approximate surface area is 236 Å². The zero-order valence-corrected chi connectivity index (χ0v) is 22.8. The predicted molar refractivity (Wildman–Crippen MR) is 163 cm³/mol. The first-order chi connectivity index (χ1) is 19.6. The Morgan fingerprint density at radius 2 is 1.93 bits per heavy atom. The third kappa shape index (κ3) is 7.65. The molecule has 0 aromatic heterocycles. The van der Waals surface area contributed by atoms with Crippen LogP contribution < -0.4 is 10.6 Å². The van der Waals surface area contributed by atoms with Crippen molar-refractivity contribution in [2.24, 2.45) is 9.98 Å². The summed E-state index contributed by atoms with van der Waals surface area (Å²) in [5, 5.41) is 15.0. The van der Waals surface area contributed by atoms with Crippen molar-refractivity contribution in [3.63, 3.8) is 0 Å². The topological polar surface area (TPSA) is 96.1 Å². The molecule has 2 N–H and O–H groups in total. The van der Waals surface area contributed by atoms with Crippen LogP contribution in [0.2, 0.25) is 0 Å². The zero-order valence-electron chi connectivity index (χ0n) is 22.8. The molecule has 8 nitrogen and oxygen atoms in total. The summed E-state index contributed by atoms with van der Waals surface area (Å²) in [6.07, 6.45) is 13.8.